The zero-order valence-electron chi connectivity index (χ0n) is 17.4. The standard InChI is InChI=1S/C23H18Cl3N3OS3/c1-13-20(10-15-8-16(24)6-7-19(15)26)33-23(28-13)31-12-21(30)29-22-27-11-17(32-22)9-14-4-2-3-5-18(14)25/h2-8,11H,9-10,12H2,1H3,(H,27,29,30). The van der Waals surface area contributed by atoms with Crippen molar-refractivity contribution in [3.63, 3.8) is 0 Å². The minimum atomic E-state index is -0.120. The lowest BCUT2D eigenvalue weighted by Gasteiger charge is -2.03. The molecule has 2 aromatic heterocycles. The van der Waals surface area contributed by atoms with E-state index in [0.29, 0.717) is 28.0 Å². The van der Waals surface area contributed by atoms with Crippen LogP contribution in [0.15, 0.2) is 53.0 Å². The molecular formula is C23H18Cl3N3OS3. The summed E-state index contributed by atoms with van der Waals surface area (Å²) in [6, 6.07) is 13.2. The molecule has 1 amide bonds. The van der Waals surface area contributed by atoms with Crippen molar-refractivity contribution in [1.29, 1.82) is 0 Å². The molecule has 0 bridgehead atoms. The van der Waals surface area contributed by atoms with E-state index in [-0.39, 0.29) is 11.7 Å². The number of hydrogen-bond donors (Lipinski definition) is 1. The summed E-state index contributed by atoms with van der Waals surface area (Å²) in [6.07, 6.45) is 3.11. The van der Waals surface area contributed by atoms with Gasteiger partial charge in [0.1, 0.15) is 0 Å². The number of nitrogens with zero attached hydrogens (tertiary/aromatic N) is 2. The summed E-state index contributed by atoms with van der Waals surface area (Å²) in [5.74, 6) is 0.134. The van der Waals surface area contributed by atoms with Crippen LogP contribution in [0.25, 0.3) is 0 Å². The highest BCUT2D eigenvalue weighted by Crippen LogP contribution is 2.32. The third-order valence-corrected chi connectivity index (χ3v) is 8.87. The molecule has 0 aliphatic heterocycles. The molecule has 2 aromatic carbocycles. The van der Waals surface area contributed by atoms with Crippen molar-refractivity contribution in [2.45, 2.75) is 24.1 Å². The molecule has 170 valence electrons. The van der Waals surface area contributed by atoms with Crippen LogP contribution >= 0.6 is 69.2 Å². The maximum atomic E-state index is 12.4. The first-order chi connectivity index (χ1) is 15.9. The lowest BCUT2D eigenvalue weighted by atomic mass is 10.1. The third-order valence-electron chi connectivity index (χ3n) is 4.68. The van der Waals surface area contributed by atoms with Crippen molar-refractivity contribution in [2.24, 2.45) is 0 Å². The van der Waals surface area contributed by atoms with Gasteiger partial charge in [-0.2, -0.15) is 0 Å². The predicted molar refractivity (Wildman–Crippen MR) is 142 cm³/mol. The highest BCUT2D eigenvalue weighted by atomic mass is 35.5. The van der Waals surface area contributed by atoms with Crippen LogP contribution in [-0.2, 0) is 17.6 Å². The zero-order chi connectivity index (χ0) is 23.4. The molecule has 0 atom stereocenters. The number of halogens is 3. The van der Waals surface area contributed by atoms with E-state index >= 15 is 0 Å². The van der Waals surface area contributed by atoms with Crippen molar-refractivity contribution in [2.75, 3.05) is 11.1 Å². The second kappa shape index (κ2) is 11.2. The van der Waals surface area contributed by atoms with E-state index in [1.807, 2.05) is 37.3 Å². The molecular weight excluding hydrogens is 537 g/mol. The van der Waals surface area contributed by atoms with Crippen LogP contribution in [0.1, 0.15) is 26.6 Å². The number of benzene rings is 2. The summed E-state index contributed by atoms with van der Waals surface area (Å²) in [4.78, 5) is 23.5. The van der Waals surface area contributed by atoms with Gasteiger partial charge in [-0.25, -0.2) is 9.97 Å². The first-order valence-corrected chi connectivity index (χ1v) is 13.6. The minimum absolute atomic E-state index is 0.120. The lowest BCUT2D eigenvalue weighted by Crippen LogP contribution is -2.13. The van der Waals surface area contributed by atoms with Gasteiger partial charge in [0.15, 0.2) is 9.47 Å². The maximum absolute atomic E-state index is 12.4. The first-order valence-electron chi connectivity index (χ1n) is 9.88. The number of thioether (sulfide) groups is 1. The number of anilines is 1. The van der Waals surface area contributed by atoms with E-state index in [4.69, 9.17) is 34.8 Å². The largest absolute Gasteiger partial charge is 0.301 e. The Morgan fingerprint density at radius 2 is 1.82 bits per heavy atom. The number of aromatic nitrogens is 2. The second-order valence-electron chi connectivity index (χ2n) is 7.14. The first kappa shape index (κ1) is 24.5. The van der Waals surface area contributed by atoms with Crippen molar-refractivity contribution in [3.05, 3.63) is 90.3 Å². The van der Waals surface area contributed by atoms with Gasteiger partial charge in [-0.1, -0.05) is 64.8 Å². The smallest absolute Gasteiger partial charge is 0.236 e. The highest BCUT2D eigenvalue weighted by Gasteiger charge is 2.14. The maximum Gasteiger partial charge on any atom is 0.236 e. The lowest BCUT2D eigenvalue weighted by molar-refractivity contribution is -0.113. The Morgan fingerprint density at radius 3 is 2.64 bits per heavy atom. The van der Waals surface area contributed by atoms with Crippen LogP contribution in [0.5, 0.6) is 0 Å². The van der Waals surface area contributed by atoms with Gasteiger partial charge >= 0.3 is 0 Å². The molecule has 0 aliphatic rings. The van der Waals surface area contributed by atoms with E-state index in [0.717, 1.165) is 35.9 Å². The summed E-state index contributed by atoms with van der Waals surface area (Å²) < 4.78 is 0.842. The molecule has 10 heteroatoms. The summed E-state index contributed by atoms with van der Waals surface area (Å²) in [5.41, 5.74) is 2.93. The van der Waals surface area contributed by atoms with Gasteiger partial charge in [0.2, 0.25) is 5.91 Å². The SMILES string of the molecule is Cc1nc(SCC(=O)Nc2ncc(Cc3ccccc3Cl)s2)sc1Cc1cc(Cl)ccc1Cl. The van der Waals surface area contributed by atoms with Crippen molar-refractivity contribution in [3.8, 4) is 0 Å². The van der Waals surface area contributed by atoms with Gasteiger partial charge in [0.05, 0.1) is 11.4 Å². The molecule has 4 nitrogen and oxygen atoms in total. The number of thiazole rings is 2. The molecule has 4 rings (SSSR count). The Morgan fingerprint density at radius 1 is 1.03 bits per heavy atom. The van der Waals surface area contributed by atoms with Gasteiger partial charge in [0, 0.05) is 43.9 Å². The molecule has 0 fully saturated rings. The molecule has 4 aromatic rings. The topological polar surface area (TPSA) is 54.9 Å². The molecule has 1 N–H and O–H groups in total. The number of carbonyl (C=O) groups is 1. The molecule has 0 radical (unpaired) electrons. The summed E-state index contributed by atoms with van der Waals surface area (Å²) in [7, 11) is 0. The Labute approximate surface area is 219 Å². The Kier molecular flexibility index (Phi) is 8.33. The molecule has 0 unspecified atom stereocenters. The number of rotatable bonds is 8. The molecule has 0 aliphatic carbocycles. The van der Waals surface area contributed by atoms with Crippen LogP contribution in [0.4, 0.5) is 5.13 Å². The van der Waals surface area contributed by atoms with E-state index < -0.39 is 0 Å². The molecule has 0 saturated carbocycles. The molecule has 2 heterocycles. The summed E-state index contributed by atoms with van der Waals surface area (Å²) >= 11 is 23.1. The van der Waals surface area contributed by atoms with E-state index in [1.54, 1.807) is 29.7 Å². The fraction of sp³-hybridized carbons (Fsp3) is 0.174. The number of carbonyl (C=O) groups excluding carboxylic acids is 1. The average molecular weight is 555 g/mol. The van der Waals surface area contributed by atoms with Crippen LogP contribution < -0.4 is 5.32 Å². The molecule has 0 spiro atoms. The fourth-order valence-corrected chi connectivity index (χ4v) is 6.53. The number of hydrogen-bond acceptors (Lipinski definition) is 6. The monoisotopic (exact) mass is 553 g/mol. The number of aryl methyl sites for hydroxylation is 1. The van der Waals surface area contributed by atoms with E-state index in [1.165, 1.54) is 23.1 Å². The van der Waals surface area contributed by atoms with Gasteiger partial charge in [-0.05, 0) is 42.3 Å². The number of amides is 1. The summed E-state index contributed by atoms with van der Waals surface area (Å²) in [6.45, 7) is 1.96. The van der Waals surface area contributed by atoms with Crippen LogP contribution in [0, 0.1) is 6.92 Å². The zero-order valence-corrected chi connectivity index (χ0v) is 22.1. The Bertz CT molecular complexity index is 1290. The van der Waals surface area contributed by atoms with Crippen LogP contribution in [0.3, 0.4) is 0 Å². The summed E-state index contributed by atoms with van der Waals surface area (Å²) in [5, 5.41) is 5.50. The van der Waals surface area contributed by atoms with Gasteiger partial charge < -0.3 is 5.32 Å². The van der Waals surface area contributed by atoms with Crippen molar-refractivity contribution >= 4 is 80.3 Å². The van der Waals surface area contributed by atoms with Crippen LogP contribution in [-0.4, -0.2) is 21.6 Å². The normalized spacial score (nSPS) is 11.0. The Hall–Kier alpha value is -1.61. The molecule has 0 saturated heterocycles. The Balaban J connectivity index is 1.31. The quantitative estimate of drug-likeness (QED) is 0.226. The van der Waals surface area contributed by atoms with Gasteiger partial charge in [-0.15, -0.1) is 22.7 Å². The number of nitrogens with one attached hydrogen (secondary N) is 1. The average Bonchev–Trinajstić information content (AvgIpc) is 3.37. The minimum Gasteiger partial charge on any atom is -0.301 e. The van der Waals surface area contributed by atoms with Crippen molar-refractivity contribution < 1.29 is 4.79 Å². The van der Waals surface area contributed by atoms with E-state index in [2.05, 4.69) is 15.3 Å². The van der Waals surface area contributed by atoms with E-state index in [9.17, 15) is 4.79 Å². The van der Waals surface area contributed by atoms with Gasteiger partial charge in [-0.3, -0.25) is 4.79 Å². The fourth-order valence-electron chi connectivity index (χ4n) is 3.04. The molecule has 33 heavy (non-hydrogen) atoms. The second-order valence-corrected chi connectivity index (χ2v) is 11.8. The van der Waals surface area contributed by atoms with Crippen molar-refractivity contribution in [1.82, 2.24) is 9.97 Å². The third kappa shape index (κ3) is 6.72. The highest BCUT2D eigenvalue weighted by molar-refractivity contribution is 8.01. The predicted octanol–water partition coefficient (Wildman–Crippen LogP) is 7.78. The van der Waals surface area contributed by atoms with Gasteiger partial charge in [0.25, 0.3) is 0 Å². The van der Waals surface area contributed by atoms with Crippen LogP contribution in [0.2, 0.25) is 15.1 Å².